The van der Waals surface area contributed by atoms with Gasteiger partial charge in [-0.15, -0.1) is 0 Å². The molecule has 444 valence electrons. The van der Waals surface area contributed by atoms with Crippen molar-refractivity contribution in [2.24, 2.45) is 4.99 Å². The minimum Gasteiger partial charge on any atom is -0.369 e. The van der Waals surface area contributed by atoms with Gasteiger partial charge in [0.15, 0.2) is 34.0 Å². The van der Waals surface area contributed by atoms with Gasteiger partial charge in [0.1, 0.15) is 37.3 Å². The van der Waals surface area contributed by atoms with Crippen LogP contribution in [0.5, 0.6) is 0 Å². The van der Waals surface area contributed by atoms with Crippen molar-refractivity contribution in [2.75, 3.05) is 39.2 Å². The van der Waals surface area contributed by atoms with Crippen molar-refractivity contribution in [1.29, 1.82) is 10.5 Å². The van der Waals surface area contributed by atoms with Gasteiger partial charge in [0.2, 0.25) is 0 Å². The van der Waals surface area contributed by atoms with Gasteiger partial charge in [-0.05, 0) is 61.4 Å². The number of ether oxygens (including phenoxy) is 2. The minimum absolute atomic E-state index is 0.00129. The van der Waals surface area contributed by atoms with Crippen LogP contribution in [-0.2, 0) is 44.9 Å². The third-order valence-corrected chi connectivity index (χ3v) is 19.8. The molecule has 6 unspecified atom stereocenters. The second-order valence-corrected chi connectivity index (χ2v) is 26.0. The highest BCUT2D eigenvalue weighted by Gasteiger charge is 2.54. The van der Waals surface area contributed by atoms with E-state index in [1.54, 1.807) is 47.8 Å². The van der Waals surface area contributed by atoms with Crippen LogP contribution in [0.4, 0.5) is 11.6 Å². The largest absolute Gasteiger partial charge is 0.369 e. The van der Waals surface area contributed by atoms with Crippen LogP contribution in [0, 0.1) is 22.7 Å². The van der Waals surface area contributed by atoms with Crippen molar-refractivity contribution in [3.8, 4) is 12.1 Å². The fraction of sp³-hybridized carbons (Fsp3) is 0.367. The van der Waals surface area contributed by atoms with Crippen LogP contribution in [0.15, 0.2) is 152 Å². The van der Waals surface area contributed by atoms with Gasteiger partial charge in [-0.25, -0.2) is 44.7 Å². The maximum Gasteiger partial charge on any atom is 0.261 e. The highest BCUT2D eigenvalue weighted by atomic mass is 32.5. The van der Waals surface area contributed by atoms with Gasteiger partial charge < -0.3 is 37.8 Å². The van der Waals surface area contributed by atoms with E-state index in [1.165, 1.54) is 12.7 Å². The zero-order valence-electron chi connectivity index (χ0n) is 48.1. The highest BCUT2D eigenvalue weighted by molar-refractivity contribution is 8.09. The summed E-state index contributed by atoms with van der Waals surface area (Å²) >= 11 is 6.61. The van der Waals surface area contributed by atoms with Crippen molar-refractivity contribution in [3.05, 3.63) is 169 Å². The normalized spacial score (nSPS) is 23.2. The van der Waals surface area contributed by atoms with Gasteiger partial charge in [-0.3, -0.25) is 19.2 Å². The summed E-state index contributed by atoms with van der Waals surface area (Å²) in [5.41, 5.74) is 4.36. The maximum atomic E-state index is 13.4. The number of amides is 1. The van der Waals surface area contributed by atoms with Crippen LogP contribution in [0.25, 0.3) is 22.3 Å². The van der Waals surface area contributed by atoms with Gasteiger partial charge >= 0.3 is 0 Å². The summed E-state index contributed by atoms with van der Waals surface area (Å²) in [4.78, 5) is 47.5. The number of hydrogen-bond donors (Lipinski definition) is 3. The average Bonchev–Trinajstić information content (AvgIpc) is 3.17. The molecular formula is C60H66N16O7P2S. The predicted octanol–water partition coefficient (Wildman–Crippen LogP) is 9.45. The third-order valence-electron chi connectivity index (χ3n) is 15.2. The number of benzene rings is 4. The Morgan fingerprint density at radius 1 is 0.779 bits per heavy atom. The number of nitrogens with zero attached hydrogens (tertiary/aromatic N) is 13. The van der Waals surface area contributed by atoms with Crippen LogP contribution >= 0.6 is 15.2 Å². The maximum absolute atomic E-state index is 13.4. The second kappa shape index (κ2) is 27.1. The lowest BCUT2D eigenvalue weighted by atomic mass is 9.76. The molecule has 4 aromatic heterocycles. The van der Waals surface area contributed by atoms with E-state index in [2.05, 4.69) is 110 Å². The standard InChI is InChI=1S/C60H66N16O7P2S/c1-40(2)76-41(3)53(83-84(76)78-30-18-28-61)54-47(33-50(82-54)75-39-68-52-56(64-36-66-58(52)75)70-59(77)42-20-10-6-11-21-42)72-85(86,79-31-19-29-62)80-34-48-46(32-49(81-48)74-38-67-51-55(69-37-73(4)5)63-35-65-57(51)74)71-60(43-22-12-7-13-23-43,44-24-14-8-15-25-44)45-26-16-9-17-27-45/h6-17,20-27,35-41,46-50,53-54,71H,18-19,30-34H2,1-5H3,(H,72,86)(H,64,66,70,77)/b69-37-/t41?,46?,47?,48-,49-,50-,53?,54+,84?,85?/m1/s1. The van der Waals surface area contributed by atoms with E-state index in [1.807, 2.05) is 84.2 Å². The van der Waals surface area contributed by atoms with Gasteiger partial charge in [0, 0.05) is 56.7 Å². The van der Waals surface area contributed by atoms with Crippen molar-refractivity contribution in [3.63, 3.8) is 0 Å². The van der Waals surface area contributed by atoms with Crippen LogP contribution in [0.2, 0.25) is 0 Å². The Labute approximate surface area is 504 Å². The lowest BCUT2D eigenvalue weighted by molar-refractivity contribution is -0.0558. The SMILES string of the molecule is CC(C)N1C(C)C([C@H]2O[C@@H](n3cnc4c(NC(=O)c5ccccc5)ncnc43)CC2NP(=S)(OCCC#N)OC[C@H]2O[C@@H](n3cnc4c(/N=C\N(C)C)ncnc43)CC2NC(c2ccccc2)(c2ccccc2)c2ccccc2)OP1OCCC#N. The van der Waals surface area contributed by atoms with Gasteiger partial charge in [-0.1, -0.05) is 109 Å². The Kier molecular flexibility index (Phi) is 19.0. The molecule has 0 aliphatic carbocycles. The molecule has 86 heavy (non-hydrogen) atoms. The Balaban J connectivity index is 0.955. The van der Waals surface area contributed by atoms with Crippen molar-refractivity contribution >= 4 is 73.2 Å². The predicted molar refractivity (Wildman–Crippen MR) is 328 cm³/mol. The molecule has 7 heterocycles. The Hall–Kier alpha value is -7.38. The second-order valence-electron chi connectivity index (χ2n) is 21.4. The quantitative estimate of drug-likeness (QED) is 0.0167. The summed E-state index contributed by atoms with van der Waals surface area (Å²) < 4.78 is 47.1. The van der Waals surface area contributed by atoms with Gasteiger partial charge in [0.25, 0.3) is 21.1 Å². The molecule has 3 saturated heterocycles. The summed E-state index contributed by atoms with van der Waals surface area (Å²) in [5, 5.41) is 30.1. The summed E-state index contributed by atoms with van der Waals surface area (Å²) in [7, 11) is 2.14. The number of anilines is 1. The monoisotopic (exact) mass is 1220 g/mol. The molecule has 23 nitrogen and oxygen atoms in total. The number of rotatable bonds is 24. The van der Waals surface area contributed by atoms with Crippen molar-refractivity contribution in [2.45, 2.75) is 107 Å². The first-order valence-corrected chi connectivity index (χ1v) is 32.1. The van der Waals surface area contributed by atoms with Crippen LogP contribution < -0.4 is 15.7 Å². The van der Waals surface area contributed by atoms with Gasteiger partial charge in [0.05, 0.1) is 75.4 Å². The molecule has 0 saturated carbocycles. The number of aromatic nitrogens is 8. The van der Waals surface area contributed by atoms with E-state index in [4.69, 9.17) is 54.3 Å². The van der Waals surface area contributed by atoms with Crippen molar-refractivity contribution < 1.29 is 32.4 Å². The first-order valence-electron chi connectivity index (χ1n) is 28.3. The van der Waals surface area contributed by atoms with E-state index >= 15 is 0 Å². The lowest BCUT2D eigenvalue weighted by Crippen LogP contribution is -2.53. The van der Waals surface area contributed by atoms with E-state index in [9.17, 15) is 15.3 Å². The molecule has 0 radical (unpaired) electrons. The zero-order valence-corrected chi connectivity index (χ0v) is 50.7. The van der Waals surface area contributed by atoms with Crippen LogP contribution in [0.3, 0.4) is 0 Å². The first-order chi connectivity index (χ1) is 41.9. The molecule has 3 aliphatic heterocycles. The molecule has 3 fully saturated rings. The van der Waals surface area contributed by atoms with Gasteiger partial charge in [-0.2, -0.15) is 10.5 Å². The topological polar surface area (TPSA) is 262 Å². The lowest BCUT2D eigenvalue weighted by Gasteiger charge is -2.40. The molecule has 11 rings (SSSR count). The number of nitrogens with one attached hydrogen (secondary N) is 3. The number of nitriles is 2. The number of aliphatic imine (C=N–C) groups is 1. The molecule has 8 aromatic rings. The number of fused-ring (bicyclic) bond motifs is 2. The van der Waals surface area contributed by atoms with E-state index in [0.717, 1.165) is 16.7 Å². The molecule has 3 aliphatic rings. The average molecular weight is 1220 g/mol. The number of hydrogen-bond acceptors (Lipinski definition) is 19. The molecule has 0 spiro atoms. The molecule has 0 bridgehead atoms. The molecular weight excluding hydrogens is 1150 g/mol. The number of imidazole rings is 2. The summed E-state index contributed by atoms with van der Waals surface area (Å²) in [5.74, 6) is 0.286. The number of carbonyl (C=O) groups is 1. The molecule has 10 atom stereocenters. The first kappa shape index (κ1) is 60.3. The molecule has 3 N–H and O–H groups in total. The number of carbonyl (C=O) groups excluding carboxylic acids is 1. The van der Waals surface area contributed by atoms with Crippen LogP contribution in [0.1, 0.15) is 86.0 Å². The summed E-state index contributed by atoms with van der Waals surface area (Å²) in [6.07, 6.45) is 5.39. The molecule has 26 heteroatoms. The minimum atomic E-state index is -3.66. The summed E-state index contributed by atoms with van der Waals surface area (Å²) in [6, 6.07) is 42.9. The van der Waals surface area contributed by atoms with Crippen LogP contribution in [-0.4, -0.2) is 137 Å². The highest BCUT2D eigenvalue weighted by Crippen LogP contribution is 2.57. The van der Waals surface area contributed by atoms with E-state index < -0.39 is 63.6 Å². The van der Waals surface area contributed by atoms with Crippen molar-refractivity contribution in [1.82, 2.24) is 59.0 Å². The Bertz CT molecular complexity index is 3670. The molecule has 4 aromatic carbocycles. The Morgan fingerprint density at radius 3 is 1.97 bits per heavy atom. The van der Waals surface area contributed by atoms with E-state index in [-0.39, 0.29) is 62.9 Å². The zero-order chi connectivity index (χ0) is 59.8. The fourth-order valence-corrected chi connectivity index (χ4v) is 15.6. The third kappa shape index (κ3) is 12.9. The smallest absolute Gasteiger partial charge is 0.261 e. The summed E-state index contributed by atoms with van der Waals surface area (Å²) in [6.45, 7) is 2.64. The van der Waals surface area contributed by atoms with E-state index in [0.29, 0.717) is 40.1 Å². The molecule has 1 amide bonds. The fourth-order valence-electron chi connectivity index (χ4n) is 11.3. The Morgan fingerprint density at radius 2 is 1.35 bits per heavy atom.